The maximum absolute atomic E-state index is 13.1. The first kappa shape index (κ1) is 24.2. The molecule has 0 aliphatic heterocycles. The summed E-state index contributed by atoms with van der Waals surface area (Å²) in [4.78, 5) is 15.3. The molecule has 1 atom stereocenters. The number of rotatable bonds is 8. The summed E-state index contributed by atoms with van der Waals surface area (Å²) in [6.07, 6.45) is 0. The smallest absolute Gasteiger partial charge is 0.347 e. The van der Waals surface area contributed by atoms with Gasteiger partial charge in [-0.3, -0.25) is 0 Å². The van der Waals surface area contributed by atoms with Gasteiger partial charge in [0.2, 0.25) is 5.60 Å². The van der Waals surface area contributed by atoms with Crippen molar-refractivity contribution in [1.29, 1.82) is 0 Å². The Morgan fingerprint density at radius 3 is 2.25 bits per heavy atom. The van der Waals surface area contributed by atoms with Crippen molar-refractivity contribution in [3.05, 3.63) is 70.3 Å². The molecular formula is C23H32ClNO3. The lowest BCUT2D eigenvalue weighted by Gasteiger charge is -2.30. The average molecular weight is 406 g/mol. The first-order valence-corrected chi connectivity index (χ1v) is 9.60. The van der Waals surface area contributed by atoms with Crippen LogP contribution in [0.1, 0.15) is 41.7 Å². The van der Waals surface area contributed by atoms with Crippen LogP contribution in [-0.2, 0) is 15.1 Å². The van der Waals surface area contributed by atoms with E-state index in [0.717, 1.165) is 29.8 Å². The molecule has 154 valence electrons. The number of benzene rings is 2. The van der Waals surface area contributed by atoms with Crippen LogP contribution in [0.4, 0.5) is 0 Å². The van der Waals surface area contributed by atoms with Gasteiger partial charge in [-0.05, 0) is 50.6 Å². The molecule has 5 heteroatoms. The third-order valence-corrected chi connectivity index (χ3v) is 5.22. The second-order valence-corrected chi connectivity index (χ2v) is 6.99. The predicted molar refractivity (Wildman–Crippen MR) is 116 cm³/mol. The van der Waals surface area contributed by atoms with Crippen molar-refractivity contribution >= 4 is 18.4 Å². The molecule has 0 aliphatic carbocycles. The fourth-order valence-corrected chi connectivity index (χ4v) is 3.39. The lowest BCUT2D eigenvalue weighted by Crippen LogP contribution is -2.40. The quantitative estimate of drug-likeness (QED) is 0.670. The number of carbonyl (C=O) groups excluding carboxylic acids is 1. The monoisotopic (exact) mass is 405 g/mol. The fraction of sp³-hybridized carbons (Fsp3) is 0.435. The summed E-state index contributed by atoms with van der Waals surface area (Å²) >= 11 is 0. The highest BCUT2D eigenvalue weighted by atomic mass is 35.5. The van der Waals surface area contributed by atoms with Crippen LogP contribution in [0, 0.1) is 20.8 Å². The Balaban J connectivity index is 0.00000392. The van der Waals surface area contributed by atoms with E-state index in [2.05, 4.69) is 24.8 Å². The van der Waals surface area contributed by atoms with Gasteiger partial charge in [0.15, 0.2) is 0 Å². The number of esters is 1. The Morgan fingerprint density at radius 2 is 1.68 bits per heavy atom. The summed E-state index contributed by atoms with van der Waals surface area (Å²) in [6, 6.07) is 13.0. The molecule has 0 radical (unpaired) electrons. The van der Waals surface area contributed by atoms with Gasteiger partial charge in [-0.25, -0.2) is 4.79 Å². The van der Waals surface area contributed by atoms with Gasteiger partial charge in [0.25, 0.3) is 0 Å². The van der Waals surface area contributed by atoms with Crippen molar-refractivity contribution in [3.8, 4) is 0 Å². The second kappa shape index (κ2) is 10.6. The Morgan fingerprint density at radius 1 is 1.07 bits per heavy atom. The van der Waals surface area contributed by atoms with Gasteiger partial charge < -0.3 is 14.7 Å². The molecule has 2 aromatic carbocycles. The molecule has 0 saturated carbocycles. The van der Waals surface area contributed by atoms with E-state index in [1.54, 1.807) is 12.1 Å². The number of aryl methyl sites for hydroxylation is 2. The number of ether oxygens (including phenoxy) is 1. The minimum Gasteiger partial charge on any atom is -0.462 e. The van der Waals surface area contributed by atoms with Crippen molar-refractivity contribution < 1.29 is 14.6 Å². The summed E-state index contributed by atoms with van der Waals surface area (Å²) in [6.45, 7) is 12.7. The van der Waals surface area contributed by atoms with E-state index in [9.17, 15) is 9.90 Å². The Labute approximate surface area is 174 Å². The highest BCUT2D eigenvalue weighted by molar-refractivity contribution is 5.86. The average Bonchev–Trinajstić information content (AvgIpc) is 2.68. The summed E-state index contributed by atoms with van der Waals surface area (Å²) in [5, 5.41) is 11.6. The third-order valence-electron chi connectivity index (χ3n) is 5.22. The number of likely N-dealkylation sites (N-methyl/N-ethyl adjacent to an activating group) is 1. The normalized spacial score (nSPS) is 13.0. The van der Waals surface area contributed by atoms with Crippen molar-refractivity contribution in [2.24, 2.45) is 0 Å². The van der Waals surface area contributed by atoms with Crippen molar-refractivity contribution in [2.45, 2.75) is 40.2 Å². The number of hydrogen-bond donors (Lipinski definition) is 1. The number of halogens is 1. The zero-order valence-electron chi connectivity index (χ0n) is 17.5. The van der Waals surface area contributed by atoms with Crippen LogP contribution < -0.4 is 0 Å². The molecule has 4 nitrogen and oxygen atoms in total. The van der Waals surface area contributed by atoms with Crippen LogP contribution in [0.25, 0.3) is 0 Å². The lowest BCUT2D eigenvalue weighted by atomic mass is 9.82. The highest BCUT2D eigenvalue weighted by Gasteiger charge is 2.43. The van der Waals surface area contributed by atoms with E-state index in [0.29, 0.717) is 17.7 Å². The van der Waals surface area contributed by atoms with Crippen LogP contribution in [0.15, 0.2) is 42.5 Å². The second-order valence-electron chi connectivity index (χ2n) is 6.99. The van der Waals surface area contributed by atoms with Crippen LogP contribution in [0.5, 0.6) is 0 Å². The van der Waals surface area contributed by atoms with E-state index in [-0.39, 0.29) is 19.0 Å². The predicted octanol–water partition coefficient (Wildman–Crippen LogP) is 4.15. The lowest BCUT2D eigenvalue weighted by molar-refractivity contribution is -0.162. The molecule has 0 bridgehead atoms. The number of hydrogen-bond acceptors (Lipinski definition) is 4. The van der Waals surface area contributed by atoms with Crippen LogP contribution in [0.2, 0.25) is 0 Å². The van der Waals surface area contributed by atoms with Crippen molar-refractivity contribution in [2.75, 3.05) is 26.2 Å². The fourth-order valence-electron chi connectivity index (χ4n) is 3.39. The molecule has 0 spiro atoms. The van der Waals surface area contributed by atoms with Gasteiger partial charge in [-0.2, -0.15) is 0 Å². The molecule has 0 saturated heterocycles. The Bertz CT molecular complexity index is 775. The van der Waals surface area contributed by atoms with E-state index >= 15 is 0 Å². The molecule has 0 amide bonds. The largest absolute Gasteiger partial charge is 0.462 e. The summed E-state index contributed by atoms with van der Waals surface area (Å²) in [5.74, 6) is -0.631. The number of nitrogens with zero attached hydrogens (tertiary/aromatic N) is 1. The van der Waals surface area contributed by atoms with Crippen molar-refractivity contribution in [3.63, 3.8) is 0 Å². The molecule has 1 N–H and O–H groups in total. The summed E-state index contributed by atoms with van der Waals surface area (Å²) < 4.78 is 5.55. The molecular weight excluding hydrogens is 374 g/mol. The van der Waals surface area contributed by atoms with Gasteiger partial charge in [0.1, 0.15) is 6.61 Å². The summed E-state index contributed by atoms with van der Waals surface area (Å²) in [5.41, 5.74) is 2.21. The van der Waals surface area contributed by atoms with Gasteiger partial charge in [0, 0.05) is 12.1 Å². The molecule has 2 rings (SSSR count). The van der Waals surface area contributed by atoms with Crippen LogP contribution >= 0.6 is 12.4 Å². The van der Waals surface area contributed by atoms with Gasteiger partial charge in [-0.15, -0.1) is 12.4 Å². The van der Waals surface area contributed by atoms with E-state index < -0.39 is 11.6 Å². The zero-order valence-corrected chi connectivity index (χ0v) is 18.3. The van der Waals surface area contributed by atoms with Crippen LogP contribution in [0.3, 0.4) is 0 Å². The number of aliphatic hydroxyl groups is 1. The maximum Gasteiger partial charge on any atom is 0.347 e. The molecule has 28 heavy (non-hydrogen) atoms. The third kappa shape index (κ3) is 5.13. The first-order valence-electron chi connectivity index (χ1n) is 9.60. The minimum absolute atomic E-state index is 0. The maximum atomic E-state index is 13.1. The van der Waals surface area contributed by atoms with Gasteiger partial charge in [-0.1, -0.05) is 61.9 Å². The van der Waals surface area contributed by atoms with E-state index in [4.69, 9.17) is 4.74 Å². The minimum atomic E-state index is -1.83. The number of carbonyl (C=O) groups is 1. The zero-order chi connectivity index (χ0) is 20.0. The molecule has 0 aliphatic rings. The van der Waals surface area contributed by atoms with Gasteiger partial charge >= 0.3 is 5.97 Å². The first-order chi connectivity index (χ1) is 12.8. The van der Waals surface area contributed by atoms with E-state index in [1.807, 2.05) is 45.0 Å². The highest BCUT2D eigenvalue weighted by Crippen LogP contribution is 2.35. The molecule has 0 fully saturated rings. The standard InChI is InChI=1S/C23H31NO3.ClH/c1-6-24(7-2)13-14-27-22(25)23(26,20-11-9-8-10-12-20)21-16-17(3)15-18(4)19(21)5;/h8-12,15-16,26H,6-7,13-14H2,1-5H3;1H. The Hall–Kier alpha value is -1.88. The summed E-state index contributed by atoms with van der Waals surface area (Å²) in [7, 11) is 0. The molecule has 2 aromatic rings. The van der Waals surface area contributed by atoms with Crippen molar-refractivity contribution in [1.82, 2.24) is 4.90 Å². The van der Waals surface area contributed by atoms with E-state index in [1.165, 1.54) is 0 Å². The van der Waals surface area contributed by atoms with Gasteiger partial charge in [0.05, 0.1) is 0 Å². The topological polar surface area (TPSA) is 49.8 Å². The molecule has 1 unspecified atom stereocenters. The van der Waals surface area contributed by atoms with Crippen LogP contribution in [-0.4, -0.2) is 42.2 Å². The molecule has 0 aromatic heterocycles. The SMILES string of the molecule is CCN(CC)CCOC(=O)C(O)(c1ccccc1)c1cc(C)cc(C)c1C.Cl. The Kier molecular flexibility index (Phi) is 9.15. The molecule has 0 heterocycles.